The van der Waals surface area contributed by atoms with Gasteiger partial charge in [-0.2, -0.15) is 0 Å². The van der Waals surface area contributed by atoms with Crippen LogP contribution >= 0.6 is 0 Å². The average molecular weight is 366 g/mol. The van der Waals surface area contributed by atoms with Gasteiger partial charge >= 0.3 is 6.09 Å². The highest BCUT2D eigenvalue weighted by Gasteiger charge is 2.47. The molecule has 1 atom stereocenters. The van der Waals surface area contributed by atoms with E-state index in [0.717, 1.165) is 45.3 Å². The summed E-state index contributed by atoms with van der Waals surface area (Å²) in [7, 11) is 0. The molecule has 1 unspecified atom stereocenters. The number of hydrogen-bond donors (Lipinski definition) is 0. The smallest absolute Gasteiger partial charge is 0.410 e. The molecule has 0 N–H and O–H groups in total. The largest absolute Gasteiger partial charge is 0.441 e. The molecule has 2 amide bonds. The minimum absolute atomic E-state index is 0.0280. The Bertz CT molecular complexity index is 508. The Morgan fingerprint density at radius 2 is 1.81 bits per heavy atom. The first-order chi connectivity index (χ1) is 12.4. The fraction of sp³-hybridized carbons (Fsp3) is 0.900. The minimum atomic E-state index is -0.375. The van der Waals surface area contributed by atoms with Crippen molar-refractivity contribution in [3.8, 4) is 0 Å². The number of rotatable bonds is 6. The number of ether oxygens (including phenoxy) is 1. The molecule has 0 aromatic carbocycles. The van der Waals surface area contributed by atoms with E-state index in [1.54, 1.807) is 0 Å². The van der Waals surface area contributed by atoms with Crippen molar-refractivity contribution in [2.24, 2.45) is 5.92 Å². The summed E-state index contributed by atoms with van der Waals surface area (Å²) in [6.07, 6.45) is 5.64. The van der Waals surface area contributed by atoms with E-state index in [1.807, 2.05) is 9.80 Å². The van der Waals surface area contributed by atoms with Crippen LogP contribution in [0.4, 0.5) is 4.79 Å². The van der Waals surface area contributed by atoms with Gasteiger partial charge in [0.25, 0.3) is 0 Å². The Balaban J connectivity index is 1.53. The fourth-order valence-corrected chi connectivity index (χ4v) is 4.53. The highest BCUT2D eigenvalue weighted by Crippen LogP contribution is 2.34. The van der Waals surface area contributed by atoms with Gasteiger partial charge in [0, 0.05) is 32.5 Å². The van der Waals surface area contributed by atoms with E-state index in [9.17, 15) is 9.59 Å². The second-order valence-corrected chi connectivity index (χ2v) is 8.65. The topological polar surface area (TPSA) is 53.1 Å². The second-order valence-electron chi connectivity index (χ2n) is 8.65. The van der Waals surface area contributed by atoms with Crippen LogP contribution in [0.3, 0.4) is 0 Å². The summed E-state index contributed by atoms with van der Waals surface area (Å²) in [5, 5.41) is 0. The number of piperidine rings is 1. The van der Waals surface area contributed by atoms with E-state index >= 15 is 0 Å². The summed E-state index contributed by atoms with van der Waals surface area (Å²) >= 11 is 0. The van der Waals surface area contributed by atoms with Crippen molar-refractivity contribution in [3.05, 3.63) is 0 Å². The van der Waals surface area contributed by atoms with Gasteiger partial charge in [-0.1, -0.05) is 20.8 Å². The number of nitrogens with zero attached hydrogens (tertiary/aromatic N) is 3. The number of hydrogen-bond acceptors (Lipinski definition) is 4. The summed E-state index contributed by atoms with van der Waals surface area (Å²) in [4.78, 5) is 31.4. The Hall–Kier alpha value is -1.30. The van der Waals surface area contributed by atoms with Crippen LogP contribution in [0.5, 0.6) is 0 Å². The lowest BCUT2D eigenvalue weighted by Gasteiger charge is -2.40. The highest BCUT2D eigenvalue weighted by molar-refractivity contribution is 5.82. The Morgan fingerprint density at radius 1 is 1.15 bits per heavy atom. The third-order valence-corrected chi connectivity index (χ3v) is 6.26. The predicted molar refractivity (Wildman–Crippen MR) is 101 cm³/mol. The van der Waals surface area contributed by atoms with E-state index in [1.165, 1.54) is 12.8 Å². The molecule has 0 radical (unpaired) electrons. The van der Waals surface area contributed by atoms with Crippen molar-refractivity contribution in [2.45, 2.75) is 70.9 Å². The molecule has 1 spiro atoms. The summed E-state index contributed by atoms with van der Waals surface area (Å²) < 4.78 is 5.79. The second kappa shape index (κ2) is 8.15. The first kappa shape index (κ1) is 19.5. The molecule has 0 aromatic rings. The summed E-state index contributed by atoms with van der Waals surface area (Å²) in [5.41, 5.74) is -0.375. The van der Waals surface area contributed by atoms with Gasteiger partial charge in [0.1, 0.15) is 5.60 Å². The van der Waals surface area contributed by atoms with Crippen molar-refractivity contribution in [3.63, 3.8) is 0 Å². The maximum absolute atomic E-state index is 13.0. The number of amides is 2. The molecule has 6 nitrogen and oxygen atoms in total. The van der Waals surface area contributed by atoms with Gasteiger partial charge in [0.05, 0.1) is 12.6 Å². The summed E-state index contributed by atoms with van der Waals surface area (Å²) in [6.45, 7) is 11.4. The van der Waals surface area contributed by atoms with Gasteiger partial charge < -0.3 is 14.5 Å². The number of carbonyl (C=O) groups excluding carboxylic acids is 2. The van der Waals surface area contributed by atoms with E-state index in [-0.39, 0.29) is 23.6 Å². The van der Waals surface area contributed by atoms with Crippen LogP contribution < -0.4 is 0 Å². The Morgan fingerprint density at radius 3 is 2.38 bits per heavy atom. The summed E-state index contributed by atoms with van der Waals surface area (Å²) in [5.74, 6) is 0.848. The summed E-state index contributed by atoms with van der Waals surface area (Å²) in [6, 6.07) is 0.0280. The van der Waals surface area contributed by atoms with Crippen LogP contribution in [0.25, 0.3) is 0 Å². The molecule has 0 aromatic heterocycles. The predicted octanol–water partition coefficient (Wildman–Crippen LogP) is 2.72. The van der Waals surface area contributed by atoms with Gasteiger partial charge in [-0.25, -0.2) is 4.79 Å². The number of likely N-dealkylation sites (tertiary alicyclic amines) is 2. The van der Waals surface area contributed by atoms with Gasteiger partial charge in [0.15, 0.2) is 0 Å². The minimum Gasteiger partial charge on any atom is -0.441 e. The van der Waals surface area contributed by atoms with Gasteiger partial charge in [-0.15, -0.1) is 0 Å². The zero-order valence-corrected chi connectivity index (χ0v) is 16.7. The fourth-order valence-electron chi connectivity index (χ4n) is 4.53. The molecule has 148 valence electrons. The zero-order valence-electron chi connectivity index (χ0n) is 16.7. The van der Waals surface area contributed by atoms with Crippen LogP contribution in [-0.4, -0.2) is 77.6 Å². The normalized spacial score (nSPS) is 24.5. The van der Waals surface area contributed by atoms with Crippen molar-refractivity contribution in [1.29, 1.82) is 0 Å². The monoisotopic (exact) mass is 365 g/mol. The Labute approximate surface area is 157 Å². The SMILES string of the molecule is CCC(C(=O)N1CCC2(CC1)CN(CCC(C)C)C(=O)O2)N1CCCC1. The molecule has 3 aliphatic rings. The lowest BCUT2D eigenvalue weighted by Crippen LogP contribution is -2.53. The maximum Gasteiger partial charge on any atom is 0.410 e. The van der Waals surface area contributed by atoms with Crippen molar-refractivity contribution in [2.75, 3.05) is 39.3 Å². The molecule has 0 saturated carbocycles. The third kappa shape index (κ3) is 4.16. The molecule has 6 heteroatoms. The van der Waals surface area contributed by atoms with Gasteiger partial charge in [-0.3, -0.25) is 9.69 Å². The van der Waals surface area contributed by atoms with Crippen LogP contribution in [0.15, 0.2) is 0 Å². The maximum atomic E-state index is 13.0. The number of carbonyl (C=O) groups is 2. The highest BCUT2D eigenvalue weighted by atomic mass is 16.6. The van der Waals surface area contributed by atoms with Crippen LogP contribution in [0.1, 0.15) is 59.3 Å². The van der Waals surface area contributed by atoms with Crippen molar-refractivity contribution in [1.82, 2.24) is 14.7 Å². The lowest BCUT2D eigenvalue weighted by atomic mass is 9.90. The molecular weight excluding hydrogens is 330 g/mol. The molecule has 26 heavy (non-hydrogen) atoms. The standard InChI is InChI=1S/C20H35N3O3/c1-4-17(21-10-5-6-11-21)18(24)22-13-8-20(9-14-22)15-23(19(25)26-20)12-7-16(2)3/h16-17H,4-15H2,1-3H3. The molecule has 3 saturated heterocycles. The molecule has 3 heterocycles. The average Bonchev–Trinajstić information content (AvgIpc) is 3.23. The third-order valence-electron chi connectivity index (χ3n) is 6.26. The molecular formula is C20H35N3O3. The first-order valence-corrected chi connectivity index (χ1v) is 10.4. The zero-order chi connectivity index (χ0) is 18.7. The molecule has 3 fully saturated rings. The molecule has 0 bridgehead atoms. The molecule has 0 aliphatic carbocycles. The van der Waals surface area contributed by atoms with E-state index in [0.29, 0.717) is 25.6 Å². The van der Waals surface area contributed by atoms with E-state index in [4.69, 9.17) is 4.74 Å². The molecule has 3 aliphatic heterocycles. The van der Waals surface area contributed by atoms with Gasteiger partial charge in [-0.05, 0) is 44.7 Å². The first-order valence-electron chi connectivity index (χ1n) is 10.4. The molecule has 3 rings (SSSR count). The van der Waals surface area contributed by atoms with Crippen LogP contribution in [0, 0.1) is 5.92 Å². The van der Waals surface area contributed by atoms with E-state index in [2.05, 4.69) is 25.7 Å². The Kier molecular flexibility index (Phi) is 6.10. The van der Waals surface area contributed by atoms with Crippen LogP contribution in [0.2, 0.25) is 0 Å². The van der Waals surface area contributed by atoms with Crippen molar-refractivity contribution < 1.29 is 14.3 Å². The van der Waals surface area contributed by atoms with Crippen LogP contribution in [-0.2, 0) is 9.53 Å². The quantitative estimate of drug-likeness (QED) is 0.726. The lowest BCUT2D eigenvalue weighted by molar-refractivity contribution is -0.140. The van der Waals surface area contributed by atoms with E-state index < -0.39 is 0 Å². The van der Waals surface area contributed by atoms with Gasteiger partial charge in [0.2, 0.25) is 5.91 Å². The van der Waals surface area contributed by atoms with Crippen molar-refractivity contribution >= 4 is 12.0 Å².